The van der Waals surface area contributed by atoms with Gasteiger partial charge in [-0.1, -0.05) is 23.7 Å². The Morgan fingerprint density at radius 2 is 1.72 bits per heavy atom. The summed E-state index contributed by atoms with van der Waals surface area (Å²) in [5.41, 5.74) is 1.57. The Hall–Kier alpha value is -3.21. The number of thiazole rings is 1. The lowest BCUT2D eigenvalue weighted by Gasteiger charge is -2.34. The number of hydrogen-bond donors (Lipinski definition) is 0. The van der Waals surface area contributed by atoms with Crippen molar-refractivity contribution in [3.8, 4) is 11.5 Å². The van der Waals surface area contributed by atoms with Crippen LogP contribution in [0.2, 0.25) is 5.02 Å². The number of halogens is 2. The van der Waals surface area contributed by atoms with Crippen LogP contribution in [0, 0.1) is 5.82 Å². The number of piperazine rings is 1. The van der Waals surface area contributed by atoms with Crippen molar-refractivity contribution in [2.75, 3.05) is 46.1 Å². The van der Waals surface area contributed by atoms with Gasteiger partial charge in [0.05, 0.1) is 15.6 Å². The maximum atomic E-state index is 14.2. The summed E-state index contributed by atoms with van der Waals surface area (Å²) in [5.74, 6) is 0.698. The molecule has 204 valence electrons. The SMILES string of the molecule is O=C(c1csc(C2CCN(C(=O)c3c(F)cccc3Cl)CC2)n1)N1CCN(Cc2ccc3c(c2)OCO3)CC1. The van der Waals surface area contributed by atoms with Crippen molar-refractivity contribution in [1.82, 2.24) is 19.7 Å². The molecular formula is C28H28ClFN4O4S. The molecular weight excluding hydrogens is 543 g/mol. The fraction of sp³-hybridized carbons (Fsp3) is 0.393. The summed E-state index contributed by atoms with van der Waals surface area (Å²) in [4.78, 5) is 36.5. The monoisotopic (exact) mass is 570 g/mol. The van der Waals surface area contributed by atoms with Crippen molar-refractivity contribution < 1.29 is 23.5 Å². The zero-order valence-electron chi connectivity index (χ0n) is 21.3. The summed E-state index contributed by atoms with van der Waals surface area (Å²) in [5, 5.41) is 2.88. The molecule has 0 bridgehead atoms. The maximum Gasteiger partial charge on any atom is 0.273 e. The van der Waals surface area contributed by atoms with E-state index >= 15 is 0 Å². The van der Waals surface area contributed by atoms with E-state index in [1.807, 2.05) is 22.4 Å². The molecule has 8 nitrogen and oxygen atoms in total. The van der Waals surface area contributed by atoms with Crippen molar-refractivity contribution >= 4 is 34.8 Å². The van der Waals surface area contributed by atoms with Gasteiger partial charge in [0, 0.05) is 57.1 Å². The molecule has 0 atom stereocenters. The molecule has 2 amide bonds. The number of carbonyl (C=O) groups is 2. The fourth-order valence-corrected chi connectivity index (χ4v) is 6.54. The smallest absolute Gasteiger partial charge is 0.273 e. The molecule has 0 unspecified atom stereocenters. The maximum absolute atomic E-state index is 14.2. The van der Waals surface area contributed by atoms with Crippen LogP contribution in [0.1, 0.15) is 50.2 Å². The zero-order chi connectivity index (χ0) is 26.9. The summed E-state index contributed by atoms with van der Waals surface area (Å²) in [6, 6.07) is 10.3. The Morgan fingerprint density at radius 3 is 2.49 bits per heavy atom. The Morgan fingerprint density at radius 1 is 0.974 bits per heavy atom. The average Bonchev–Trinajstić information content (AvgIpc) is 3.63. The number of carbonyl (C=O) groups excluding carboxylic acids is 2. The van der Waals surface area contributed by atoms with Gasteiger partial charge in [0.25, 0.3) is 11.8 Å². The van der Waals surface area contributed by atoms with Crippen molar-refractivity contribution in [2.45, 2.75) is 25.3 Å². The number of nitrogens with zero attached hydrogens (tertiary/aromatic N) is 4. The lowest BCUT2D eigenvalue weighted by molar-refractivity contribution is 0.0623. The van der Waals surface area contributed by atoms with Crippen LogP contribution in [0.4, 0.5) is 4.39 Å². The highest BCUT2D eigenvalue weighted by Gasteiger charge is 2.30. The van der Waals surface area contributed by atoms with Gasteiger partial charge in [-0.15, -0.1) is 11.3 Å². The number of likely N-dealkylation sites (tertiary alicyclic amines) is 1. The summed E-state index contributed by atoms with van der Waals surface area (Å²) in [6.45, 7) is 4.91. The molecule has 0 aliphatic carbocycles. The third kappa shape index (κ3) is 5.46. The van der Waals surface area contributed by atoms with Crippen LogP contribution in [-0.2, 0) is 6.54 Å². The van der Waals surface area contributed by atoms with Gasteiger partial charge < -0.3 is 19.3 Å². The van der Waals surface area contributed by atoms with E-state index < -0.39 is 5.82 Å². The van der Waals surface area contributed by atoms with E-state index in [0.29, 0.717) is 44.7 Å². The first-order chi connectivity index (χ1) is 19.0. The molecule has 4 heterocycles. The van der Waals surface area contributed by atoms with E-state index in [-0.39, 0.29) is 35.1 Å². The summed E-state index contributed by atoms with van der Waals surface area (Å²) >= 11 is 7.58. The minimum Gasteiger partial charge on any atom is -0.454 e. The highest BCUT2D eigenvalue weighted by Crippen LogP contribution is 2.34. The Balaban J connectivity index is 1.00. The van der Waals surface area contributed by atoms with Crippen LogP contribution in [0.3, 0.4) is 0 Å². The first-order valence-corrected chi connectivity index (χ1v) is 14.3. The third-order valence-corrected chi connectivity index (χ3v) is 8.87. The molecule has 2 fully saturated rings. The lowest BCUT2D eigenvalue weighted by atomic mass is 9.97. The molecule has 6 rings (SSSR count). The van der Waals surface area contributed by atoms with Gasteiger partial charge in [0.2, 0.25) is 6.79 Å². The van der Waals surface area contributed by atoms with Crippen LogP contribution in [0.5, 0.6) is 11.5 Å². The predicted molar refractivity (Wildman–Crippen MR) is 145 cm³/mol. The van der Waals surface area contributed by atoms with E-state index in [2.05, 4.69) is 16.0 Å². The molecule has 3 aliphatic rings. The number of fused-ring (bicyclic) bond motifs is 1. The van der Waals surface area contributed by atoms with Gasteiger partial charge in [-0.05, 0) is 42.7 Å². The van der Waals surface area contributed by atoms with Crippen LogP contribution in [0.25, 0.3) is 0 Å². The highest BCUT2D eigenvalue weighted by atomic mass is 35.5. The number of piperidine rings is 1. The standard InChI is InChI=1S/C28H28ClFN4O4S/c29-20-2-1-3-21(30)25(20)28(36)33-8-6-19(7-9-33)26-31-22(16-39-26)27(35)34-12-10-32(11-13-34)15-18-4-5-23-24(14-18)38-17-37-23/h1-5,14,16,19H,6-13,15,17H2. The number of benzene rings is 2. The van der Waals surface area contributed by atoms with Crippen LogP contribution < -0.4 is 9.47 Å². The van der Waals surface area contributed by atoms with Crippen LogP contribution in [-0.4, -0.2) is 77.6 Å². The molecule has 3 aromatic rings. The molecule has 2 saturated heterocycles. The van der Waals surface area contributed by atoms with E-state index in [9.17, 15) is 14.0 Å². The van der Waals surface area contributed by atoms with Crippen LogP contribution >= 0.6 is 22.9 Å². The topological polar surface area (TPSA) is 75.2 Å². The third-order valence-electron chi connectivity index (χ3n) is 7.55. The Bertz CT molecular complexity index is 1370. The molecule has 2 aromatic carbocycles. The van der Waals surface area contributed by atoms with E-state index in [4.69, 9.17) is 21.1 Å². The van der Waals surface area contributed by atoms with Crippen LogP contribution in [0.15, 0.2) is 41.8 Å². The minimum atomic E-state index is -0.605. The summed E-state index contributed by atoms with van der Waals surface area (Å²) in [6.07, 6.45) is 1.41. The number of ether oxygens (including phenoxy) is 2. The number of aromatic nitrogens is 1. The van der Waals surface area contributed by atoms with Gasteiger partial charge >= 0.3 is 0 Å². The summed E-state index contributed by atoms with van der Waals surface area (Å²) in [7, 11) is 0. The zero-order valence-corrected chi connectivity index (χ0v) is 22.8. The van der Waals surface area contributed by atoms with Gasteiger partial charge in [0.1, 0.15) is 11.5 Å². The van der Waals surface area contributed by atoms with E-state index in [0.717, 1.165) is 41.7 Å². The lowest BCUT2D eigenvalue weighted by Crippen LogP contribution is -2.48. The summed E-state index contributed by atoms with van der Waals surface area (Å²) < 4.78 is 25.1. The molecule has 3 aliphatic heterocycles. The largest absolute Gasteiger partial charge is 0.454 e. The van der Waals surface area contributed by atoms with Crippen molar-refractivity contribution in [1.29, 1.82) is 0 Å². The second kappa shape index (κ2) is 11.1. The second-order valence-electron chi connectivity index (χ2n) is 9.99. The number of amides is 2. The molecule has 0 spiro atoms. The molecule has 11 heteroatoms. The van der Waals surface area contributed by atoms with Crippen molar-refractivity contribution in [2.24, 2.45) is 0 Å². The number of rotatable bonds is 5. The molecule has 0 saturated carbocycles. The first-order valence-electron chi connectivity index (χ1n) is 13.0. The molecule has 39 heavy (non-hydrogen) atoms. The van der Waals surface area contributed by atoms with E-state index in [1.54, 1.807) is 4.90 Å². The van der Waals surface area contributed by atoms with Gasteiger partial charge in [-0.3, -0.25) is 14.5 Å². The highest BCUT2D eigenvalue weighted by molar-refractivity contribution is 7.09. The predicted octanol–water partition coefficient (Wildman–Crippen LogP) is 4.64. The Labute approximate surface area is 234 Å². The quantitative estimate of drug-likeness (QED) is 0.445. The minimum absolute atomic E-state index is 0.0398. The second-order valence-corrected chi connectivity index (χ2v) is 11.3. The van der Waals surface area contributed by atoms with Crippen molar-refractivity contribution in [3.05, 3.63) is 74.4 Å². The van der Waals surface area contributed by atoms with Gasteiger partial charge in [0.15, 0.2) is 11.5 Å². The molecule has 0 N–H and O–H groups in total. The first kappa shape index (κ1) is 26.0. The normalized spacial score (nSPS) is 18.0. The molecule has 0 radical (unpaired) electrons. The van der Waals surface area contributed by atoms with Gasteiger partial charge in [-0.25, -0.2) is 9.37 Å². The number of hydrogen-bond acceptors (Lipinski definition) is 7. The van der Waals surface area contributed by atoms with Crippen molar-refractivity contribution in [3.63, 3.8) is 0 Å². The molecule has 1 aromatic heterocycles. The average molecular weight is 571 g/mol. The van der Waals surface area contributed by atoms with E-state index in [1.165, 1.54) is 29.5 Å². The fourth-order valence-electron chi connectivity index (χ4n) is 5.33. The van der Waals surface area contributed by atoms with Gasteiger partial charge in [-0.2, -0.15) is 0 Å². The Kier molecular flexibility index (Phi) is 7.42.